The molecule has 2 aliphatic rings. The van der Waals surface area contributed by atoms with Gasteiger partial charge in [-0.2, -0.15) is 5.10 Å². The Morgan fingerprint density at radius 1 is 1.52 bits per heavy atom. The van der Waals surface area contributed by atoms with Crippen molar-refractivity contribution in [3.8, 4) is 0 Å². The molecular weight excluding hydrogens is 439 g/mol. The predicted molar refractivity (Wildman–Crippen MR) is 98.6 cm³/mol. The highest BCUT2D eigenvalue weighted by Crippen LogP contribution is 2.42. The number of aromatic amines is 1. The summed E-state index contributed by atoms with van der Waals surface area (Å²) in [5.41, 5.74) is 1.32. The quantitative estimate of drug-likeness (QED) is 0.586. The van der Waals surface area contributed by atoms with Crippen LogP contribution < -0.4 is 10.2 Å². The highest BCUT2D eigenvalue weighted by molar-refractivity contribution is 14.1. The first-order valence-corrected chi connectivity index (χ1v) is 9.29. The Hall–Kier alpha value is -1.69. The molecule has 9 nitrogen and oxygen atoms in total. The van der Waals surface area contributed by atoms with Crippen molar-refractivity contribution in [1.29, 1.82) is 0 Å². The van der Waals surface area contributed by atoms with Gasteiger partial charge in [-0.25, -0.2) is 14.8 Å². The summed E-state index contributed by atoms with van der Waals surface area (Å²) in [5, 5.41) is 18.8. The number of rotatable bonds is 2. The molecule has 134 valence electrons. The number of hydrogen-bond donors (Lipinski definition) is 3. The number of anilines is 1. The molecule has 2 atom stereocenters. The van der Waals surface area contributed by atoms with Crippen LogP contribution in [0.1, 0.15) is 19.8 Å². The van der Waals surface area contributed by atoms with Crippen LogP contribution >= 0.6 is 22.6 Å². The van der Waals surface area contributed by atoms with Gasteiger partial charge in [-0.15, -0.1) is 0 Å². The average molecular weight is 458 g/mol. The second-order valence-electron chi connectivity index (χ2n) is 6.73. The summed E-state index contributed by atoms with van der Waals surface area (Å²) in [6, 6.07) is -0.171. The van der Waals surface area contributed by atoms with E-state index in [4.69, 9.17) is 9.84 Å². The number of H-pyrrole nitrogens is 1. The molecule has 4 rings (SSSR count). The number of hydrogen-bond acceptors (Lipinski definition) is 6. The molecule has 0 aliphatic carbocycles. The third-order valence-electron chi connectivity index (χ3n) is 5.34. The zero-order valence-electron chi connectivity index (χ0n) is 13.7. The number of carboxylic acid groups (broad SMARTS) is 1. The summed E-state index contributed by atoms with van der Waals surface area (Å²) < 4.78 is 6.58. The predicted octanol–water partition coefficient (Wildman–Crippen LogP) is 1.60. The van der Waals surface area contributed by atoms with Crippen molar-refractivity contribution in [2.75, 3.05) is 24.6 Å². The molecule has 2 aromatic rings. The summed E-state index contributed by atoms with van der Waals surface area (Å²) in [6.07, 6.45) is 2.38. The van der Waals surface area contributed by atoms with Crippen LogP contribution in [0.2, 0.25) is 0 Å². The van der Waals surface area contributed by atoms with E-state index in [-0.39, 0.29) is 17.6 Å². The number of nitrogens with zero attached hydrogens (tertiary/aromatic N) is 4. The molecule has 3 N–H and O–H groups in total. The number of nitrogens with one attached hydrogen (secondary N) is 2. The van der Waals surface area contributed by atoms with Crippen LogP contribution in [-0.4, -0.2) is 63.2 Å². The summed E-state index contributed by atoms with van der Waals surface area (Å²) in [6.45, 7) is 4.11. The SMILES string of the molecule is C[C@@H]1OCC2(CCN(c3cnc4c(I)n[nH]c4n3)CC2)[C@@H]1NC(=O)O. The number of fused-ring (bicyclic) bond motifs is 1. The van der Waals surface area contributed by atoms with E-state index in [0.29, 0.717) is 12.3 Å². The van der Waals surface area contributed by atoms with E-state index >= 15 is 0 Å². The molecule has 4 heterocycles. The minimum Gasteiger partial charge on any atom is -0.465 e. The molecular formula is C15H19IN6O3. The van der Waals surface area contributed by atoms with E-state index in [2.05, 4.69) is 53.0 Å². The van der Waals surface area contributed by atoms with Gasteiger partial charge in [0.2, 0.25) is 0 Å². The van der Waals surface area contributed by atoms with Crippen LogP contribution in [0, 0.1) is 9.12 Å². The highest BCUT2D eigenvalue weighted by Gasteiger charge is 2.50. The molecule has 1 spiro atoms. The smallest absolute Gasteiger partial charge is 0.404 e. The summed E-state index contributed by atoms with van der Waals surface area (Å²) in [4.78, 5) is 22.4. The van der Waals surface area contributed by atoms with E-state index in [1.807, 2.05) is 6.92 Å². The van der Waals surface area contributed by atoms with Crippen molar-refractivity contribution in [1.82, 2.24) is 25.5 Å². The van der Waals surface area contributed by atoms with Crippen LogP contribution in [0.25, 0.3) is 11.2 Å². The van der Waals surface area contributed by atoms with E-state index in [1.54, 1.807) is 6.20 Å². The van der Waals surface area contributed by atoms with Gasteiger partial charge in [-0.3, -0.25) is 5.10 Å². The van der Waals surface area contributed by atoms with Crippen molar-refractivity contribution in [2.24, 2.45) is 5.41 Å². The largest absolute Gasteiger partial charge is 0.465 e. The lowest BCUT2D eigenvalue weighted by atomic mass is 9.73. The maximum atomic E-state index is 11.1. The van der Waals surface area contributed by atoms with Gasteiger partial charge in [0.25, 0.3) is 0 Å². The van der Waals surface area contributed by atoms with Gasteiger partial charge in [0.05, 0.1) is 24.9 Å². The number of aromatic nitrogens is 4. The Morgan fingerprint density at radius 3 is 3.00 bits per heavy atom. The van der Waals surface area contributed by atoms with Crippen molar-refractivity contribution in [2.45, 2.75) is 31.9 Å². The number of ether oxygens (including phenoxy) is 1. The van der Waals surface area contributed by atoms with Crippen molar-refractivity contribution >= 4 is 45.7 Å². The summed E-state index contributed by atoms with van der Waals surface area (Å²) in [7, 11) is 0. The van der Waals surface area contributed by atoms with Gasteiger partial charge >= 0.3 is 6.09 Å². The van der Waals surface area contributed by atoms with Gasteiger partial charge in [0.1, 0.15) is 11.3 Å². The van der Waals surface area contributed by atoms with Gasteiger partial charge in [0.15, 0.2) is 9.35 Å². The summed E-state index contributed by atoms with van der Waals surface area (Å²) >= 11 is 2.13. The summed E-state index contributed by atoms with van der Waals surface area (Å²) in [5.74, 6) is 0.817. The third kappa shape index (κ3) is 2.90. The van der Waals surface area contributed by atoms with Crippen LogP contribution in [0.15, 0.2) is 6.20 Å². The van der Waals surface area contributed by atoms with Crippen molar-refractivity contribution in [3.63, 3.8) is 0 Å². The maximum absolute atomic E-state index is 11.1. The second kappa shape index (κ2) is 6.24. The Morgan fingerprint density at radius 2 is 2.28 bits per heavy atom. The lowest BCUT2D eigenvalue weighted by molar-refractivity contribution is 0.0970. The van der Waals surface area contributed by atoms with Crippen LogP contribution in [0.4, 0.5) is 10.6 Å². The van der Waals surface area contributed by atoms with Crippen LogP contribution in [0.3, 0.4) is 0 Å². The molecule has 2 saturated heterocycles. The van der Waals surface area contributed by atoms with E-state index < -0.39 is 6.09 Å². The fourth-order valence-corrected chi connectivity index (χ4v) is 4.45. The molecule has 1 amide bonds. The first-order valence-electron chi connectivity index (χ1n) is 8.21. The van der Waals surface area contributed by atoms with Gasteiger partial charge < -0.3 is 20.1 Å². The average Bonchev–Trinajstić information content (AvgIpc) is 3.11. The first-order chi connectivity index (χ1) is 12.0. The molecule has 2 fully saturated rings. The number of halogens is 1. The normalized spacial score (nSPS) is 25.6. The molecule has 0 radical (unpaired) electrons. The lowest BCUT2D eigenvalue weighted by Gasteiger charge is -2.42. The Labute approximate surface area is 157 Å². The van der Waals surface area contributed by atoms with Crippen molar-refractivity contribution in [3.05, 3.63) is 9.90 Å². The fraction of sp³-hybridized carbons (Fsp3) is 0.600. The molecule has 2 aromatic heterocycles. The highest BCUT2D eigenvalue weighted by atomic mass is 127. The Balaban J connectivity index is 1.51. The Kier molecular flexibility index (Phi) is 4.18. The zero-order chi connectivity index (χ0) is 17.6. The van der Waals surface area contributed by atoms with Crippen LogP contribution in [-0.2, 0) is 4.74 Å². The van der Waals surface area contributed by atoms with E-state index in [0.717, 1.165) is 41.0 Å². The molecule has 0 bridgehead atoms. The van der Waals surface area contributed by atoms with E-state index in [1.165, 1.54) is 0 Å². The topological polar surface area (TPSA) is 116 Å². The second-order valence-corrected chi connectivity index (χ2v) is 7.75. The zero-order valence-corrected chi connectivity index (χ0v) is 15.9. The van der Waals surface area contributed by atoms with Gasteiger partial charge in [-0.1, -0.05) is 0 Å². The standard InChI is InChI=1S/C15H19IN6O3/c1-8-11(19-14(23)24)15(7-25-8)2-4-22(5-3-15)9-6-17-10-12(16)20-21-13(10)18-9/h6,8,11,19H,2-5,7H2,1H3,(H,23,24)(H,18,20,21)/t8-,11+/m0/s1. The molecule has 0 aromatic carbocycles. The minimum absolute atomic E-state index is 0.106. The third-order valence-corrected chi connectivity index (χ3v) is 6.09. The number of amides is 1. The van der Waals surface area contributed by atoms with Gasteiger partial charge in [0, 0.05) is 18.5 Å². The minimum atomic E-state index is -0.991. The molecule has 0 unspecified atom stereocenters. The van der Waals surface area contributed by atoms with E-state index in [9.17, 15) is 4.79 Å². The van der Waals surface area contributed by atoms with Crippen molar-refractivity contribution < 1.29 is 14.6 Å². The molecule has 2 aliphatic heterocycles. The molecule has 0 saturated carbocycles. The molecule has 10 heteroatoms. The number of carbonyl (C=O) groups is 1. The van der Waals surface area contributed by atoms with Crippen LogP contribution in [0.5, 0.6) is 0 Å². The lowest BCUT2D eigenvalue weighted by Crippen LogP contribution is -2.54. The Bertz CT molecular complexity index is 804. The number of piperidine rings is 1. The first kappa shape index (κ1) is 16.8. The fourth-order valence-electron chi connectivity index (χ4n) is 3.94. The molecule has 25 heavy (non-hydrogen) atoms. The maximum Gasteiger partial charge on any atom is 0.404 e. The van der Waals surface area contributed by atoms with Gasteiger partial charge in [-0.05, 0) is 42.4 Å². The monoisotopic (exact) mass is 458 g/mol.